The van der Waals surface area contributed by atoms with Crippen LogP contribution in [0.1, 0.15) is 39.0 Å². The van der Waals surface area contributed by atoms with Crippen molar-refractivity contribution in [2.45, 2.75) is 38.9 Å². The van der Waals surface area contributed by atoms with E-state index >= 15 is 0 Å². The molecule has 0 spiro atoms. The fourth-order valence-electron chi connectivity index (χ4n) is 2.45. The SMILES string of the molecule is CC(C)(O)c1ccc(-c2cnc(C(C)(C)O)c(N)c2)cc1N. The van der Waals surface area contributed by atoms with E-state index < -0.39 is 11.2 Å². The van der Waals surface area contributed by atoms with Crippen LogP contribution in [0.25, 0.3) is 11.1 Å². The first-order chi connectivity index (χ1) is 10.00. The Morgan fingerprint density at radius 2 is 1.45 bits per heavy atom. The van der Waals surface area contributed by atoms with Gasteiger partial charge in [-0.1, -0.05) is 12.1 Å². The standard InChI is InChI=1S/C17H23N3O2/c1-16(2,21)12-6-5-10(7-13(12)18)11-8-14(19)15(20-9-11)17(3,4)22/h5-9,21-22H,18-19H2,1-4H3. The number of pyridine rings is 1. The second-order valence-electron chi connectivity index (χ2n) is 6.58. The molecule has 0 atom stereocenters. The van der Waals surface area contributed by atoms with E-state index in [9.17, 15) is 10.2 Å². The van der Waals surface area contributed by atoms with E-state index in [1.807, 2.05) is 6.07 Å². The Morgan fingerprint density at radius 3 is 1.91 bits per heavy atom. The molecule has 118 valence electrons. The molecule has 5 heteroatoms. The third kappa shape index (κ3) is 3.21. The number of anilines is 2. The molecule has 1 aromatic carbocycles. The van der Waals surface area contributed by atoms with Crippen LogP contribution in [0.2, 0.25) is 0 Å². The van der Waals surface area contributed by atoms with Crippen LogP contribution < -0.4 is 11.5 Å². The van der Waals surface area contributed by atoms with Crippen molar-refractivity contribution in [3.05, 3.63) is 41.7 Å². The minimum absolute atomic E-state index is 0.426. The lowest BCUT2D eigenvalue weighted by Gasteiger charge is -2.21. The van der Waals surface area contributed by atoms with Gasteiger partial charge in [0.1, 0.15) is 5.60 Å². The van der Waals surface area contributed by atoms with Crippen LogP contribution in [0.15, 0.2) is 30.5 Å². The van der Waals surface area contributed by atoms with Gasteiger partial charge >= 0.3 is 0 Å². The normalized spacial score (nSPS) is 12.5. The van der Waals surface area contributed by atoms with Gasteiger partial charge in [-0.05, 0) is 45.4 Å². The van der Waals surface area contributed by atoms with Gasteiger partial charge in [-0.3, -0.25) is 4.98 Å². The minimum atomic E-state index is -1.09. The lowest BCUT2D eigenvalue weighted by atomic mass is 9.93. The minimum Gasteiger partial charge on any atom is -0.398 e. The Morgan fingerprint density at radius 1 is 0.864 bits per heavy atom. The fourth-order valence-corrected chi connectivity index (χ4v) is 2.45. The molecule has 2 aromatic rings. The first-order valence-electron chi connectivity index (χ1n) is 7.11. The van der Waals surface area contributed by atoms with Gasteiger partial charge in [-0.2, -0.15) is 0 Å². The van der Waals surface area contributed by atoms with E-state index in [0.717, 1.165) is 11.1 Å². The summed E-state index contributed by atoms with van der Waals surface area (Å²) in [5.41, 5.74) is 13.6. The van der Waals surface area contributed by atoms with Gasteiger partial charge in [-0.25, -0.2) is 0 Å². The molecular formula is C17H23N3O2. The summed E-state index contributed by atoms with van der Waals surface area (Å²) in [5.74, 6) is 0. The highest BCUT2D eigenvalue weighted by molar-refractivity contribution is 5.72. The summed E-state index contributed by atoms with van der Waals surface area (Å²) in [5, 5.41) is 20.1. The zero-order chi connectivity index (χ0) is 16.7. The van der Waals surface area contributed by atoms with Crippen molar-refractivity contribution in [3.8, 4) is 11.1 Å². The van der Waals surface area contributed by atoms with E-state index in [2.05, 4.69) is 4.98 Å². The number of benzene rings is 1. The van der Waals surface area contributed by atoms with Crippen LogP contribution in [-0.4, -0.2) is 15.2 Å². The second kappa shape index (κ2) is 5.26. The van der Waals surface area contributed by atoms with Gasteiger partial charge in [0.15, 0.2) is 0 Å². The predicted octanol–water partition coefficient (Wildman–Crippen LogP) is 2.37. The summed E-state index contributed by atoms with van der Waals surface area (Å²) in [6, 6.07) is 7.21. The van der Waals surface area contributed by atoms with Gasteiger partial charge in [0.2, 0.25) is 0 Å². The zero-order valence-corrected chi connectivity index (χ0v) is 13.4. The number of nitrogen functional groups attached to an aromatic ring is 2. The number of nitrogens with two attached hydrogens (primary N) is 2. The van der Waals surface area contributed by atoms with Crippen LogP contribution in [0.5, 0.6) is 0 Å². The Labute approximate surface area is 130 Å². The van der Waals surface area contributed by atoms with Crippen LogP contribution in [0, 0.1) is 0 Å². The largest absolute Gasteiger partial charge is 0.398 e. The van der Waals surface area contributed by atoms with Crippen molar-refractivity contribution < 1.29 is 10.2 Å². The molecular weight excluding hydrogens is 278 g/mol. The monoisotopic (exact) mass is 301 g/mol. The maximum absolute atomic E-state index is 10.1. The molecule has 6 N–H and O–H groups in total. The summed E-state index contributed by atoms with van der Waals surface area (Å²) < 4.78 is 0. The first-order valence-corrected chi connectivity index (χ1v) is 7.11. The topological polar surface area (TPSA) is 105 Å². The number of aromatic nitrogens is 1. The van der Waals surface area contributed by atoms with Crippen LogP contribution in [-0.2, 0) is 11.2 Å². The fraction of sp³-hybridized carbons (Fsp3) is 0.353. The van der Waals surface area contributed by atoms with E-state index in [1.54, 1.807) is 52.1 Å². The average molecular weight is 301 g/mol. The molecule has 0 saturated heterocycles. The Bertz CT molecular complexity index is 637. The van der Waals surface area contributed by atoms with Crippen molar-refractivity contribution in [3.63, 3.8) is 0 Å². The van der Waals surface area contributed by atoms with E-state index in [-0.39, 0.29) is 0 Å². The molecule has 1 aromatic heterocycles. The molecule has 0 amide bonds. The second-order valence-corrected chi connectivity index (χ2v) is 6.58. The lowest BCUT2D eigenvalue weighted by Crippen LogP contribution is -2.19. The molecule has 0 saturated carbocycles. The molecule has 2 rings (SSSR count). The summed E-state index contributed by atoms with van der Waals surface area (Å²) in [4.78, 5) is 4.26. The Balaban J connectivity index is 2.46. The highest BCUT2D eigenvalue weighted by atomic mass is 16.3. The maximum atomic E-state index is 10.1. The molecule has 0 aliphatic carbocycles. The molecule has 5 nitrogen and oxygen atoms in total. The van der Waals surface area contributed by atoms with Crippen molar-refractivity contribution in [1.29, 1.82) is 0 Å². The number of hydrogen-bond acceptors (Lipinski definition) is 5. The first kappa shape index (κ1) is 16.3. The summed E-state index contributed by atoms with van der Waals surface area (Å²) >= 11 is 0. The molecule has 0 bridgehead atoms. The molecule has 0 fully saturated rings. The van der Waals surface area contributed by atoms with Crippen LogP contribution in [0.4, 0.5) is 11.4 Å². The number of aliphatic hydroxyl groups is 2. The molecule has 0 unspecified atom stereocenters. The highest BCUT2D eigenvalue weighted by Gasteiger charge is 2.22. The van der Waals surface area contributed by atoms with Crippen LogP contribution >= 0.6 is 0 Å². The van der Waals surface area contributed by atoms with Crippen molar-refractivity contribution in [2.24, 2.45) is 0 Å². The third-order valence-electron chi connectivity index (χ3n) is 3.54. The van der Waals surface area contributed by atoms with E-state index in [4.69, 9.17) is 11.5 Å². The number of hydrogen-bond donors (Lipinski definition) is 4. The van der Waals surface area contributed by atoms with E-state index in [0.29, 0.717) is 22.6 Å². The van der Waals surface area contributed by atoms with Crippen LogP contribution in [0.3, 0.4) is 0 Å². The van der Waals surface area contributed by atoms with Gasteiger partial charge in [0.25, 0.3) is 0 Å². The van der Waals surface area contributed by atoms with Crippen molar-refractivity contribution >= 4 is 11.4 Å². The molecule has 0 aliphatic heterocycles. The summed E-state index contributed by atoms with van der Waals surface area (Å²) in [7, 11) is 0. The van der Waals surface area contributed by atoms with Gasteiger partial charge < -0.3 is 21.7 Å². The average Bonchev–Trinajstić information content (AvgIpc) is 2.35. The van der Waals surface area contributed by atoms with Gasteiger partial charge in [0.05, 0.1) is 17.0 Å². The van der Waals surface area contributed by atoms with Crippen molar-refractivity contribution in [1.82, 2.24) is 4.98 Å². The Kier molecular flexibility index (Phi) is 3.89. The predicted molar refractivity (Wildman–Crippen MR) is 89.0 cm³/mol. The number of nitrogens with zero attached hydrogens (tertiary/aromatic N) is 1. The quantitative estimate of drug-likeness (QED) is 0.651. The van der Waals surface area contributed by atoms with E-state index in [1.165, 1.54) is 0 Å². The van der Waals surface area contributed by atoms with Crippen molar-refractivity contribution in [2.75, 3.05) is 11.5 Å². The maximum Gasteiger partial charge on any atom is 0.103 e. The summed E-state index contributed by atoms with van der Waals surface area (Å²) in [6.45, 7) is 6.66. The lowest BCUT2D eigenvalue weighted by molar-refractivity contribution is 0.0747. The molecule has 0 radical (unpaired) electrons. The zero-order valence-electron chi connectivity index (χ0n) is 13.4. The molecule has 0 aliphatic rings. The molecule has 1 heterocycles. The number of rotatable bonds is 3. The third-order valence-corrected chi connectivity index (χ3v) is 3.54. The highest BCUT2D eigenvalue weighted by Crippen LogP contribution is 2.32. The Hall–Kier alpha value is -2.11. The van der Waals surface area contributed by atoms with Gasteiger partial charge in [0, 0.05) is 23.0 Å². The van der Waals surface area contributed by atoms with Gasteiger partial charge in [-0.15, -0.1) is 0 Å². The molecule has 22 heavy (non-hydrogen) atoms. The summed E-state index contributed by atoms with van der Waals surface area (Å²) in [6.07, 6.45) is 1.65. The smallest absolute Gasteiger partial charge is 0.103 e.